The third kappa shape index (κ3) is 2.58. The van der Waals surface area contributed by atoms with Crippen molar-refractivity contribution >= 4 is 11.6 Å². The van der Waals surface area contributed by atoms with E-state index in [0.29, 0.717) is 13.1 Å². The number of carbonyl (C=O) groups is 1. The highest BCUT2D eigenvalue weighted by molar-refractivity contribution is 5.96. The summed E-state index contributed by atoms with van der Waals surface area (Å²) < 4.78 is 6.78. The van der Waals surface area contributed by atoms with Crippen molar-refractivity contribution < 1.29 is 14.5 Å². The fourth-order valence-corrected chi connectivity index (χ4v) is 2.30. The Balaban J connectivity index is 2.29. The van der Waals surface area contributed by atoms with Crippen molar-refractivity contribution in [3.8, 4) is 0 Å². The van der Waals surface area contributed by atoms with E-state index >= 15 is 0 Å². The van der Waals surface area contributed by atoms with E-state index in [9.17, 15) is 14.9 Å². The number of ether oxygens (including phenoxy) is 1. The molecule has 0 aliphatic carbocycles. The predicted molar refractivity (Wildman–Crippen MR) is 65.8 cm³/mol. The van der Waals surface area contributed by atoms with Crippen LogP contribution in [0.4, 0.5) is 5.69 Å². The molecule has 1 saturated heterocycles. The van der Waals surface area contributed by atoms with E-state index in [-0.39, 0.29) is 29.5 Å². The molecule has 1 aliphatic rings. The van der Waals surface area contributed by atoms with E-state index in [1.165, 1.54) is 11.7 Å². The number of hydrogen-bond donors (Lipinski definition) is 0. The molecule has 0 saturated carbocycles. The highest BCUT2D eigenvalue weighted by atomic mass is 16.6. The Hall–Kier alpha value is -1.96. The van der Waals surface area contributed by atoms with Crippen LogP contribution in [0.1, 0.15) is 24.3 Å². The molecular formula is C11H16N4O4. The fourth-order valence-electron chi connectivity index (χ4n) is 2.30. The van der Waals surface area contributed by atoms with Crippen LogP contribution in [-0.4, -0.2) is 50.8 Å². The number of hydrogen-bond acceptors (Lipinski definition) is 5. The van der Waals surface area contributed by atoms with Crippen molar-refractivity contribution in [1.82, 2.24) is 14.7 Å². The summed E-state index contributed by atoms with van der Waals surface area (Å²) in [5, 5.41) is 14.7. The molecule has 0 aromatic carbocycles. The van der Waals surface area contributed by atoms with Crippen molar-refractivity contribution in [2.75, 3.05) is 13.1 Å². The Morgan fingerprint density at radius 1 is 1.47 bits per heavy atom. The Bertz CT molecular complexity index is 503. The predicted octanol–water partition coefficient (Wildman–Crippen LogP) is 0.578. The molecule has 19 heavy (non-hydrogen) atoms. The highest BCUT2D eigenvalue weighted by Gasteiger charge is 2.33. The molecule has 8 heteroatoms. The topological polar surface area (TPSA) is 90.5 Å². The van der Waals surface area contributed by atoms with Crippen LogP contribution in [-0.2, 0) is 11.8 Å². The van der Waals surface area contributed by atoms with Crippen LogP contribution in [0.5, 0.6) is 0 Å². The SMILES string of the molecule is C[C@@H]1CN(C(=O)c2c([N+](=O)[O-])cnn2C)C[C@H](C)O1. The number of carbonyl (C=O) groups excluding carboxylic acids is 1. The molecule has 2 heterocycles. The second-order valence-electron chi connectivity index (χ2n) is 4.73. The first kappa shape index (κ1) is 13.5. The van der Waals surface area contributed by atoms with Crippen LogP contribution < -0.4 is 0 Å². The van der Waals surface area contributed by atoms with Crippen molar-refractivity contribution in [2.45, 2.75) is 26.1 Å². The van der Waals surface area contributed by atoms with E-state index in [1.807, 2.05) is 13.8 Å². The van der Waals surface area contributed by atoms with E-state index in [0.717, 1.165) is 6.20 Å². The molecule has 2 atom stereocenters. The van der Waals surface area contributed by atoms with E-state index in [2.05, 4.69) is 5.10 Å². The minimum absolute atomic E-state index is 0.00583. The van der Waals surface area contributed by atoms with Crippen molar-refractivity contribution in [3.63, 3.8) is 0 Å². The van der Waals surface area contributed by atoms with Gasteiger partial charge in [0.05, 0.1) is 17.1 Å². The Morgan fingerprint density at radius 3 is 2.58 bits per heavy atom. The van der Waals surface area contributed by atoms with Gasteiger partial charge in [-0.15, -0.1) is 0 Å². The van der Waals surface area contributed by atoms with Gasteiger partial charge < -0.3 is 9.64 Å². The molecule has 0 radical (unpaired) electrons. The largest absolute Gasteiger partial charge is 0.372 e. The lowest BCUT2D eigenvalue weighted by Gasteiger charge is -2.35. The van der Waals surface area contributed by atoms with Gasteiger partial charge in [-0.1, -0.05) is 0 Å². The molecule has 8 nitrogen and oxygen atoms in total. The summed E-state index contributed by atoms with van der Waals surface area (Å²) in [7, 11) is 1.52. The fraction of sp³-hybridized carbons (Fsp3) is 0.636. The molecule has 1 aromatic rings. The monoisotopic (exact) mass is 268 g/mol. The first-order valence-electron chi connectivity index (χ1n) is 6.01. The summed E-state index contributed by atoms with van der Waals surface area (Å²) in [6, 6.07) is 0. The number of nitro groups is 1. The zero-order valence-electron chi connectivity index (χ0n) is 11.1. The van der Waals surface area contributed by atoms with Crippen LogP contribution in [0, 0.1) is 10.1 Å². The molecule has 1 amide bonds. The highest BCUT2D eigenvalue weighted by Crippen LogP contribution is 2.21. The van der Waals surface area contributed by atoms with Crippen molar-refractivity contribution in [3.05, 3.63) is 22.0 Å². The molecule has 0 bridgehead atoms. The lowest BCUT2D eigenvalue weighted by molar-refractivity contribution is -0.385. The molecule has 1 aromatic heterocycles. The first-order valence-corrected chi connectivity index (χ1v) is 6.01. The quantitative estimate of drug-likeness (QED) is 0.578. The van der Waals surface area contributed by atoms with Gasteiger partial charge in [-0.2, -0.15) is 5.10 Å². The second-order valence-corrected chi connectivity index (χ2v) is 4.73. The Kier molecular flexibility index (Phi) is 3.52. The van der Waals surface area contributed by atoms with Gasteiger partial charge >= 0.3 is 5.69 Å². The minimum Gasteiger partial charge on any atom is -0.372 e. The molecular weight excluding hydrogens is 252 g/mol. The zero-order chi connectivity index (χ0) is 14.2. The zero-order valence-corrected chi connectivity index (χ0v) is 11.1. The normalized spacial score (nSPS) is 23.4. The van der Waals surface area contributed by atoms with Crippen LogP contribution in [0.2, 0.25) is 0 Å². The van der Waals surface area contributed by atoms with Gasteiger partial charge in [0, 0.05) is 20.1 Å². The summed E-state index contributed by atoms with van der Waals surface area (Å²) >= 11 is 0. The van der Waals surface area contributed by atoms with E-state index < -0.39 is 4.92 Å². The summed E-state index contributed by atoms with van der Waals surface area (Å²) in [5.41, 5.74) is -0.259. The molecule has 1 aliphatic heterocycles. The standard InChI is InChI=1S/C11H16N4O4/c1-7-5-14(6-8(2)19-7)11(16)10-9(15(17)18)4-12-13(10)3/h4,7-8H,5-6H2,1-3H3/t7-,8+. The maximum atomic E-state index is 12.4. The number of aromatic nitrogens is 2. The van der Waals surface area contributed by atoms with Gasteiger partial charge in [-0.05, 0) is 13.8 Å². The van der Waals surface area contributed by atoms with Crippen molar-refractivity contribution in [2.24, 2.45) is 7.05 Å². The minimum atomic E-state index is -0.590. The Morgan fingerprint density at radius 2 is 2.05 bits per heavy atom. The maximum Gasteiger partial charge on any atom is 0.320 e. The summed E-state index contributed by atoms with van der Waals surface area (Å²) in [6.45, 7) is 4.58. The van der Waals surface area contributed by atoms with Gasteiger partial charge in [0.15, 0.2) is 0 Å². The number of rotatable bonds is 2. The number of aryl methyl sites for hydroxylation is 1. The van der Waals surface area contributed by atoms with E-state index in [1.54, 1.807) is 4.90 Å². The summed E-state index contributed by atoms with van der Waals surface area (Å²) in [5.74, 6) is -0.381. The van der Waals surface area contributed by atoms with Gasteiger partial charge in [0.1, 0.15) is 6.20 Å². The number of amides is 1. The summed E-state index contributed by atoms with van der Waals surface area (Å²) in [6.07, 6.45) is 0.931. The molecule has 0 spiro atoms. The number of morpholine rings is 1. The third-order valence-corrected chi connectivity index (χ3v) is 3.03. The smallest absolute Gasteiger partial charge is 0.320 e. The average Bonchev–Trinajstić information content (AvgIpc) is 2.69. The second kappa shape index (κ2) is 4.96. The Labute approximate surface area is 110 Å². The van der Waals surface area contributed by atoms with Crippen LogP contribution >= 0.6 is 0 Å². The van der Waals surface area contributed by atoms with Gasteiger partial charge in [-0.25, -0.2) is 0 Å². The molecule has 1 fully saturated rings. The van der Waals surface area contributed by atoms with Gasteiger partial charge in [-0.3, -0.25) is 19.6 Å². The van der Waals surface area contributed by atoms with Crippen LogP contribution in [0.15, 0.2) is 6.20 Å². The first-order chi connectivity index (χ1) is 8.90. The molecule has 0 N–H and O–H groups in total. The van der Waals surface area contributed by atoms with Crippen LogP contribution in [0.25, 0.3) is 0 Å². The summed E-state index contributed by atoms with van der Waals surface area (Å²) in [4.78, 5) is 24.3. The van der Waals surface area contributed by atoms with Crippen LogP contribution in [0.3, 0.4) is 0 Å². The molecule has 2 rings (SSSR count). The molecule has 0 unspecified atom stereocenters. The third-order valence-electron chi connectivity index (χ3n) is 3.03. The lowest BCUT2D eigenvalue weighted by Crippen LogP contribution is -2.48. The number of nitrogens with zero attached hydrogens (tertiary/aromatic N) is 4. The van der Waals surface area contributed by atoms with Gasteiger partial charge in [0.2, 0.25) is 5.69 Å². The molecule has 104 valence electrons. The maximum absolute atomic E-state index is 12.4. The average molecular weight is 268 g/mol. The van der Waals surface area contributed by atoms with E-state index in [4.69, 9.17) is 4.74 Å². The van der Waals surface area contributed by atoms with Gasteiger partial charge in [0.25, 0.3) is 5.91 Å². The van der Waals surface area contributed by atoms with Crippen molar-refractivity contribution in [1.29, 1.82) is 0 Å². The lowest BCUT2D eigenvalue weighted by atomic mass is 10.2.